The first kappa shape index (κ1) is 18.6. The van der Waals surface area contributed by atoms with E-state index in [9.17, 15) is 0 Å². The van der Waals surface area contributed by atoms with Crippen LogP contribution in [0.5, 0.6) is 0 Å². The van der Waals surface area contributed by atoms with Crippen molar-refractivity contribution in [2.24, 2.45) is 0 Å². The molecule has 0 aliphatic rings. The van der Waals surface area contributed by atoms with E-state index < -0.39 is 0 Å². The van der Waals surface area contributed by atoms with Crippen LogP contribution in [0.1, 0.15) is 24.1 Å². The molecule has 0 saturated heterocycles. The number of rotatable bonds is 6. The van der Waals surface area contributed by atoms with Crippen LogP contribution in [0.25, 0.3) is 0 Å². The van der Waals surface area contributed by atoms with E-state index in [4.69, 9.17) is 28.6 Å². The maximum atomic E-state index is 6.30. The molecule has 0 bridgehead atoms. The molecule has 0 amide bonds. The summed E-state index contributed by atoms with van der Waals surface area (Å²) < 4.78 is 5.23. The molecular weight excluding hydrogens is 342 g/mol. The van der Waals surface area contributed by atoms with E-state index in [1.54, 1.807) is 13.3 Å². The van der Waals surface area contributed by atoms with Gasteiger partial charge in [0.1, 0.15) is 0 Å². The molecule has 0 aliphatic carbocycles. The van der Waals surface area contributed by atoms with Crippen LogP contribution in [0.15, 0.2) is 42.7 Å². The van der Waals surface area contributed by atoms with Crippen molar-refractivity contribution in [3.63, 3.8) is 0 Å². The van der Waals surface area contributed by atoms with Gasteiger partial charge in [-0.05, 0) is 55.4 Å². The lowest BCUT2D eigenvalue weighted by Gasteiger charge is -2.32. The number of ether oxygens (including phenoxy) is 1. The molecule has 0 aliphatic heterocycles. The highest BCUT2D eigenvalue weighted by atomic mass is 35.5. The number of nitrogens with zero attached hydrogens (tertiary/aromatic N) is 2. The number of aromatic nitrogens is 1. The fourth-order valence-electron chi connectivity index (χ4n) is 2.37. The second kappa shape index (κ2) is 8.97. The molecular formula is C18H22ClN3OS. The Morgan fingerprint density at radius 3 is 2.83 bits per heavy atom. The maximum Gasteiger partial charge on any atom is 0.174 e. The minimum atomic E-state index is 0.0677. The summed E-state index contributed by atoms with van der Waals surface area (Å²) in [7, 11) is 1.68. The minimum Gasteiger partial charge on any atom is -0.383 e. The van der Waals surface area contributed by atoms with Gasteiger partial charge in [0.15, 0.2) is 5.11 Å². The summed E-state index contributed by atoms with van der Waals surface area (Å²) in [6.45, 7) is 5.34. The Hall–Kier alpha value is -1.69. The molecule has 2 rings (SSSR count). The van der Waals surface area contributed by atoms with Crippen LogP contribution < -0.4 is 5.32 Å². The van der Waals surface area contributed by atoms with Crippen LogP contribution >= 0.6 is 23.8 Å². The highest BCUT2D eigenvalue weighted by Gasteiger charge is 2.19. The number of nitrogens with one attached hydrogen (secondary N) is 1. The lowest BCUT2D eigenvalue weighted by atomic mass is 10.1. The fourth-order valence-corrected chi connectivity index (χ4v) is 3.01. The smallest absolute Gasteiger partial charge is 0.174 e. The summed E-state index contributed by atoms with van der Waals surface area (Å²) >= 11 is 11.9. The van der Waals surface area contributed by atoms with Crippen LogP contribution in [-0.2, 0) is 4.74 Å². The first-order valence-corrected chi connectivity index (χ1v) is 8.54. The van der Waals surface area contributed by atoms with Gasteiger partial charge in [-0.25, -0.2) is 0 Å². The number of hydrogen-bond donors (Lipinski definition) is 1. The van der Waals surface area contributed by atoms with Gasteiger partial charge in [0.25, 0.3) is 0 Å². The molecule has 1 aromatic heterocycles. The third-order valence-corrected chi connectivity index (χ3v) is 4.45. The van der Waals surface area contributed by atoms with Crippen molar-refractivity contribution in [1.29, 1.82) is 0 Å². The van der Waals surface area contributed by atoms with Crippen LogP contribution in [0, 0.1) is 6.92 Å². The Balaban J connectivity index is 2.18. The Morgan fingerprint density at radius 2 is 2.21 bits per heavy atom. The molecule has 0 saturated carbocycles. The quantitative estimate of drug-likeness (QED) is 0.767. The molecule has 2 aromatic rings. The second-order valence-corrected chi connectivity index (χ2v) is 6.36. The summed E-state index contributed by atoms with van der Waals surface area (Å²) in [6.07, 6.45) is 3.62. The minimum absolute atomic E-state index is 0.0677. The highest BCUT2D eigenvalue weighted by Crippen LogP contribution is 2.25. The van der Waals surface area contributed by atoms with Gasteiger partial charge < -0.3 is 15.0 Å². The number of methoxy groups -OCH3 is 1. The first-order valence-electron chi connectivity index (χ1n) is 7.75. The Morgan fingerprint density at radius 1 is 1.42 bits per heavy atom. The Kier molecular flexibility index (Phi) is 6.97. The SMILES string of the molecule is COCCN(C(=S)Nc1ccc(C)cc1Cl)C(C)c1cccnc1. The predicted molar refractivity (Wildman–Crippen MR) is 104 cm³/mol. The van der Waals surface area contributed by atoms with Crippen LogP contribution in [0.4, 0.5) is 5.69 Å². The van der Waals surface area contributed by atoms with Gasteiger partial charge in [-0.15, -0.1) is 0 Å². The van der Waals surface area contributed by atoms with Gasteiger partial charge in [0, 0.05) is 26.0 Å². The summed E-state index contributed by atoms with van der Waals surface area (Å²) in [5.41, 5.74) is 3.00. The summed E-state index contributed by atoms with van der Waals surface area (Å²) in [5.74, 6) is 0. The molecule has 0 radical (unpaired) electrons. The molecule has 128 valence electrons. The Labute approximate surface area is 153 Å². The number of aryl methyl sites for hydroxylation is 1. The molecule has 1 N–H and O–H groups in total. The highest BCUT2D eigenvalue weighted by molar-refractivity contribution is 7.80. The average Bonchev–Trinajstić information content (AvgIpc) is 2.58. The van der Waals surface area contributed by atoms with Crippen LogP contribution in [0.3, 0.4) is 0 Å². The van der Waals surface area contributed by atoms with Crippen molar-refractivity contribution in [3.05, 3.63) is 58.9 Å². The number of thiocarbonyl (C=S) groups is 1. The van der Waals surface area contributed by atoms with Crippen molar-refractivity contribution in [2.45, 2.75) is 19.9 Å². The molecule has 0 fully saturated rings. The number of halogens is 1. The van der Waals surface area contributed by atoms with E-state index in [-0.39, 0.29) is 6.04 Å². The van der Waals surface area contributed by atoms with Crippen molar-refractivity contribution in [3.8, 4) is 0 Å². The van der Waals surface area contributed by atoms with Crippen molar-refractivity contribution in [1.82, 2.24) is 9.88 Å². The van der Waals surface area contributed by atoms with Crippen LogP contribution in [-0.4, -0.2) is 35.3 Å². The number of pyridine rings is 1. The van der Waals surface area contributed by atoms with Gasteiger partial charge in [-0.1, -0.05) is 23.7 Å². The molecule has 1 atom stereocenters. The molecule has 1 unspecified atom stereocenters. The average molecular weight is 364 g/mol. The van der Waals surface area contributed by atoms with Gasteiger partial charge in [-0.3, -0.25) is 4.98 Å². The molecule has 1 aromatic carbocycles. The zero-order valence-electron chi connectivity index (χ0n) is 14.1. The van der Waals surface area contributed by atoms with Gasteiger partial charge in [0.2, 0.25) is 0 Å². The standard InChI is InChI=1S/C18H22ClN3OS/c1-13-6-7-17(16(19)11-13)21-18(24)22(9-10-23-3)14(2)15-5-4-8-20-12-15/h4-8,11-12,14H,9-10H2,1-3H3,(H,21,24). The van der Waals surface area contributed by atoms with Crippen molar-refractivity contribution in [2.75, 3.05) is 25.6 Å². The lowest BCUT2D eigenvalue weighted by Crippen LogP contribution is -2.39. The fraction of sp³-hybridized carbons (Fsp3) is 0.333. The first-order chi connectivity index (χ1) is 11.5. The van der Waals surface area contributed by atoms with E-state index in [0.29, 0.717) is 23.3 Å². The van der Waals surface area contributed by atoms with E-state index in [2.05, 4.69) is 22.1 Å². The van der Waals surface area contributed by atoms with E-state index in [0.717, 1.165) is 16.8 Å². The molecule has 1 heterocycles. The molecule has 0 spiro atoms. The molecule has 6 heteroatoms. The zero-order valence-corrected chi connectivity index (χ0v) is 15.7. The number of anilines is 1. The monoisotopic (exact) mass is 363 g/mol. The number of hydrogen-bond acceptors (Lipinski definition) is 3. The van der Waals surface area contributed by atoms with Crippen molar-refractivity contribution < 1.29 is 4.74 Å². The molecule has 24 heavy (non-hydrogen) atoms. The summed E-state index contributed by atoms with van der Waals surface area (Å²) in [4.78, 5) is 6.27. The number of benzene rings is 1. The predicted octanol–water partition coefficient (Wildman–Crippen LogP) is 4.45. The third kappa shape index (κ3) is 4.90. The third-order valence-electron chi connectivity index (χ3n) is 3.80. The van der Waals surface area contributed by atoms with E-state index in [1.165, 1.54) is 0 Å². The van der Waals surface area contributed by atoms with E-state index >= 15 is 0 Å². The second-order valence-electron chi connectivity index (χ2n) is 5.56. The van der Waals surface area contributed by atoms with Gasteiger partial charge >= 0.3 is 0 Å². The topological polar surface area (TPSA) is 37.4 Å². The summed E-state index contributed by atoms with van der Waals surface area (Å²) in [5, 5.41) is 4.50. The summed E-state index contributed by atoms with van der Waals surface area (Å²) in [6, 6.07) is 9.88. The van der Waals surface area contributed by atoms with Crippen LogP contribution in [0.2, 0.25) is 5.02 Å². The zero-order chi connectivity index (χ0) is 17.5. The Bertz CT molecular complexity index is 681. The normalized spacial score (nSPS) is 11.8. The lowest BCUT2D eigenvalue weighted by molar-refractivity contribution is 0.165. The largest absolute Gasteiger partial charge is 0.383 e. The van der Waals surface area contributed by atoms with E-state index in [1.807, 2.05) is 43.5 Å². The maximum absolute atomic E-state index is 6.30. The van der Waals surface area contributed by atoms with Gasteiger partial charge in [0.05, 0.1) is 23.4 Å². The van der Waals surface area contributed by atoms with Crippen molar-refractivity contribution >= 4 is 34.6 Å². The molecule has 4 nitrogen and oxygen atoms in total. The van der Waals surface area contributed by atoms with Gasteiger partial charge in [-0.2, -0.15) is 0 Å².